The van der Waals surface area contributed by atoms with Gasteiger partial charge in [-0.05, 0) is 16.6 Å². The van der Waals surface area contributed by atoms with E-state index in [1.54, 1.807) is 0 Å². The van der Waals surface area contributed by atoms with Crippen molar-refractivity contribution in [1.82, 2.24) is 0 Å². The number of azide groups is 1. The molecule has 0 aromatic carbocycles. The highest BCUT2D eigenvalue weighted by Crippen LogP contribution is 1.75. The quantitative estimate of drug-likeness (QED) is 0.125. The number of aliphatic hydroxyl groups is 1. The van der Waals surface area contributed by atoms with E-state index in [1.807, 2.05) is 12.0 Å². The minimum Gasteiger partial charge on any atom is -0.353 e. The van der Waals surface area contributed by atoms with E-state index < -0.39 is 5.85 Å². The van der Waals surface area contributed by atoms with E-state index in [2.05, 4.69) is 10.0 Å². The van der Waals surface area contributed by atoms with Gasteiger partial charge in [-0.15, -0.1) is 0 Å². The Morgan fingerprint density at radius 1 is 1.67 bits per heavy atom. The Morgan fingerprint density at radius 2 is 2.22 bits per heavy atom. The normalized spacial score (nSPS) is 8.78. The Balaban J connectivity index is 4.03. The molecule has 9 heavy (non-hydrogen) atoms. The molecule has 48 valence electrons. The smallest absolute Gasteiger partial charge is 0.233 e. The van der Waals surface area contributed by atoms with Crippen LogP contribution < -0.4 is 11.5 Å². The fourth-order valence-corrected chi connectivity index (χ4v) is 0.137. The van der Waals surface area contributed by atoms with Gasteiger partial charge < -0.3 is 5.11 Å². The third-order valence-corrected chi connectivity index (χ3v) is 0.351. The molecule has 6 nitrogen and oxygen atoms in total. The third-order valence-electron chi connectivity index (χ3n) is 0.351. The molecular weight excluding hydrogens is 122 g/mol. The lowest BCUT2D eigenvalue weighted by Gasteiger charge is -2.05. The van der Waals surface area contributed by atoms with Crippen LogP contribution in [0.4, 0.5) is 0 Å². The molecule has 0 unspecified atom stereocenters. The lowest BCUT2D eigenvalue weighted by molar-refractivity contribution is 0.117. The molecule has 0 bridgehead atoms. The summed E-state index contributed by atoms with van der Waals surface area (Å²) in [5.74, 6) is -0.212. The molecule has 0 aliphatic heterocycles. The molecule has 0 rings (SSSR count). The maximum atomic E-state index is 8.44. The van der Waals surface area contributed by atoms with Gasteiger partial charge in [0, 0.05) is 11.0 Å². The average Bonchev–Trinajstić information content (AvgIpc) is 1.63. The topological polar surface area (TPSA) is 121 Å². The zero-order valence-corrected chi connectivity index (χ0v) is 4.44. The van der Waals surface area contributed by atoms with Crippen LogP contribution in [0.5, 0.6) is 0 Å². The number of rotatable bonds is 0. The van der Waals surface area contributed by atoms with E-state index in [0.717, 1.165) is 0 Å². The Labute approximate surface area is 51.1 Å². The van der Waals surface area contributed by atoms with Crippen LogP contribution >= 0.6 is 0 Å². The molecule has 0 aliphatic rings. The van der Waals surface area contributed by atoms with Gasteiger partial charge in [0.15, 0.2) is 0 Å². The van der Waals surface area contributed by atoms with Gasteiger partial charge >= 0.3 is 0 Å². The second-order valence-electron chi connectivity index (χ2n) is 1.25. The summed E-state index contributed by atoms with van der Waals surface area (Å²) in [6.07, 6.45) is 0. The van der Waals surface area contributed by atoms with Gasteiger partial charge in [-0.1, -0.05) is 0 Å². The second-order valence-corrected chi connectivity index (χ2v) is 1.25. The van der Waals surface area contributed by atoms with Crippen molar-refractivity contribution in [3.05, 3.63) is 10.4 Å². The molecule has 0 fully saturated rings. The SMILES string of the molecule is [N-]=[N+]=NC#CC(N)(N)O. The first-order chi connectivity index (χ1) is 4.06. The highest BCUT2D eigenvalue weighted by Gasteiger charge is 2.05. The first-order valence-electron chi connectivity index (χ1n) is 1.92. The van der Waals surface area contributed by atoms with Crippen LogP contribution in [0, 0.1) is 12.0 Å². The van der Waals surface area contributed by atoms with Gasteiger partial charge in [0.2, 0.25) is 5.85 Å². The van der Waals surface area contributed by atoms with Crippen molar-refractivity contribution >= 4 is 0 Å². The standard InChI is InChI=1S/C3H5N5O/c4-3(5,9)1-2-7-8-6/h9H,4-5H2. The van der Waals surface area contributed by atoms with Gasteiger partial charge in [-0.3, -0.25) is 11.5 Å². The summed E-state index contributed by atoms with van der Waals surface area (Å²) in [6.45, 7) is 0. The van der Waals surface area contributed by atoms with Crippen molar-refractivity contribution in [1.29, 1.82) is 0 Å². The molecule has 0 aliphatic carbocycles. The molecule has 0 radical (unpaired) electrons. The molecule has 0 aromatic heterocycles. The Hall–Kier alpha value is -1.25. The fourth-order valence-electron chi connectivity index (χ4n) is 0.137. The molecule has 5 N–H and O–H groups in total. The average molecular weight is 127 g/mol. The van der Waals surface area contributed by atoms with Crippen molar-refractivity contribution in [2.45, 2.75) is 5.85 Å². The van der Waals surface area contributed by atoms with Crippen LogP contribution in [0.25, 0.3) is 10.4 Å². The van der Waals surface area contributed by atoms with Gasteiger partial charge in [-0.2, -0.15) is 0 Å². The zero-order chi connectivity index (χ0) is 7.33. The molecule has 0 saturated carbocycles. The first kappa shape index (κ1) is 7.75. The van der Waals surface area contributed by atoms with Crippen LogP contribution in [0.3, 0.4) is 0 Å². The third kappa shape index (κ3) is 6.75. The van der Waals surface area contributed by atoms with Gasteiger partial charge in [-0.25, -0.2) is 0 Å². The summed E-state index contributed by atoms with van der Waals surface area (Å²) in [6, 6.07) is 1.83. The predicted molar refractivity (Wildman–Crippen MR) is 30.2 cm³/mol. The van der Waals surface area contributed by atoms with Crippen LogP contribution in [-0.4, -0.2) is 11.0 Å². The molecule has 0 heterocycles. The van der Waals surface area contributed by atoms with E-state index in [0.29, 0.717) is 0 Å². The van der Waals surface area contributed by atoms with Crippen LogP contribution in [0.1, 0.15) is 0 Å². The van der Waals surface area contributed by atoms with Crippen LogP contribution in [0.2, 0.25) is 0 Å². The number of nitrogens with zero attached hydrogens (tertiary/aromatic N) is 3. The minimum atomic E-state index is -2.08. The fraction of sp³-hybridized carbons (Fsp3) is 0.333. The van der Waals surface area contributed by atoms with Crippen LogP contribution in [-0.2, 0) is 0 Å². The van der Waals surface area contributed by atoms with E-state index in [1.165, 1.54) is 0 Å². The van der Waals surface area contributed by atoms with Crippen molar-refractivity contribution in [3.63, 3.8) is 0 Å². The summed E-state index contributed by atoms with van der Waals surface area (Å²) in [7, 11) is 0. The largest absolute Gasteiger partial charge is 0.353 e. The summed E-state index contributed by atoms with van der Waals surface area (Å²) in [5.41, 5.74) is 17.2. The monoisotopic (exact) mass is 127 g/mol. The molecular formula is C3H5N5O. The first-order valence-corrected chi connectivity index (χ1v) is 1.92. The highest BCUT2D eigenvalue weighted by molar-refractivity contribution is 5.07. The van der Waals surface area contributed by atoms with Crippen molar-refractivity contribution in [2.24, 2.45) is 16.6 Å². The molecule has 0 spiro atoms. The Bertz CT molecular complexity index is 186. The van der Waals surface area contributed by atoms with Crippen molar-refractivity contribution < 1.29 is 5.11 Å². The summed E-state index contributed by atoms with van der Waals surface area (Å²) in [5, 5.41) is 11.2. The maximum absolute atomic E-state index is 8.44. The second kappa shape index (κ2) is 2.91. The molecule has 0 aromatic rings. The molecule has 6 heteroatoms. The number of hydrogen-bond acceptors (Lipinski definition) is 4. The van der Waals surface area contributed by atoms with E-state index in [9.17, 15) is 0 Å². The minimum absolute atomic E-state index is 1.83. The number of nitrogens with two attached hydrogens (primary N) is 2. The van der Waals surface area contributed by atoms with E-state index in [4.69, 9.17) is 22.1 Å². The molecule has 0 amide bonds. The summed E-state index contributed by atoms with van der Waals surface area (Å²) in [4.78, 5) is 2.27. The van der Waals surface area contributed by atoms with Gasteiger partial charge in [0.05, 0.1) is 0 Å². The lowest BCUT2D eigenvalue weighted by atomic mass is 10.5. The summed E-state index contributed by atoms with van der Waals surface area (Å²) < 4.78 is 0. The van der Waals surface area contributed by atoms with Crippen molar-refractivity contribution in [3.8, 4) is 12.0 Å². The Kier molecular flexibility index (Phi) is 2.51. The predicted octanol–water partition coefficient (Wildman–Crippen LogP) is -1.18. The summed E-state index contributed by atoms with van der Waals surface area (Å²) >= 11 is 0. The number of hydrogen-bond donors (Lipinski definition) is 3. The van der Waals surface area contributed by atoms with Gasteiger partial charge in [0.25, 0.3) is 0 Å². The molecule has 0 saturated heterocycles. The highest BCUT2D eigenvalue weighted by atomic mass is 16.3. The Morgan fingerprint density at radius 3 is 2.56 bits per heavy atom. The maximum Gasteiger partial charge on any atom is 0.233 e. The zero-order valence-electron chi connectivity index (χ0n) is 4.44. The van der Waals surface area contributed by atoms with Crippen molar-refractivity contribution in [2.75, 3.05) is 0 Å². The molecule has 0 atom stereocenters. The lowest BCUT2D eigenvalue weighted by Crippen LogP contribution is -2.47. The van der Waals surface area contributed by atoms with E-state index >= 15 is 0 Å². The van der Waals surface area contributed by atoms with Crippen LogP contribution in [0.15, 0.2) is 5.11 Å². The van der Waals surface area contributed by atoms with Gasteiger partial charge in [0.1, 0.15) is 0 Å². The van der Waals surface area contributed by atoms with E-state index in [-0.39, 0.29) is 0 Å².